The van der Waals surface area contributed by atoms with Gasteiger partial charge in [0.15, 0.2) is 10.7 Å². The Morgan fingerprint density at radius 1 is 1.43 bits per heavy atom. The van der Waals surface area contributed by atoms with Crippen molar-refractivity contribution in [1.29, 1.82) is 0 Å². The van der Waals surface area contributed by atoms with Crippen molar-refractivity contribution in [3.05, 3.63) is 0 Å². The minimum atomic E-state index is -2.93. The van der Waals surface area contributed by atoms with Gasteiger partial charge in [-0.1, -0.05) is 23.2 Å². The lowest BCUT2D eigenvalue weighted by Crippen LogP contribution is -2.26. The smallest absolute Gasteiger partial charge is 0.266 e. The van der Waals surface area contributed by atoms with Gasteiger partial charge in [-0.3, -0.25) is 5.73 Å². The van der Waals surface area contributed by atoms with Gasteiger partial charge in [0.1, 0.15) is 0 Å². The average molecular weight is 164 g/mol. The minimum Gasteiger partial charge on any atom is -0.287 e. The Bertz CT molecular complexity index is 116. The summed E-state index contributed by atoms with van der Waals surface area (Å²) in [6.07, 6.45) is 0. The lowest BCUT2D eigenvalue weighted by molar-refractivity contribution is 0.608. The summed E-state index contributed by atoms with van der Waals surface area (Å²) < 4.78 is 17.2. The molecule has 44 valence electrons. The van der Waals surface area contributed by atoms with Crippen molar-refractivity contribution in [2.75, 3.05) is 0 Å². The molecule has 0 radical (unpaired) electrons. The van der Waals surface area contributed by atoms with Gasteiger partial charge in [0.2, 0.25) is 0 Å². The number of rotatable bonds is 1. The van der Waals surface area contributed by atoms with Crippen LogP contribution in [0.4, 0.5) is 0 Å². The number of nitrogens with two attached hydrogens (primary N) is 1. The Morgan fingerprint density at radius 2 is 1.57 bits per heavy atom. The quantitative estimate of drug-likeness (QED) is 0.316. The number of alkyl halides is 2. The van der Waals surface area contributed by atoms with Crippen LogP contribution < -0.4 is 5.73 Å². The molecule has 0 aromatic carbocycles. The van der Waals surface area contributed by atoms with Crippen molar-refractivity contribution in [2.45, 2.75) is 3.79 Å². The van der Waals surface area contributed by atoms with Crippen LogP contribution in [-0.4, -0.2) is 12.2 Å². The molecule has 0 aliphatic carbocycles. The molecule has 0 bridgehead atoms. The number of hydrogen-bond acceptors (Lipinski definition) is 3. The van der Waals surface area contributed by atoms with Crippen LogP contribution in [0.2, 0.25) is 0 Å². The normalized spacial score (nSPS) is 12.6. The van der Waals surface area contributed by atoms with Gasteiger partial charge in [0, 0.05) is 0 Å². The third-order valence-electron chi connectivity index (χ3n) is 0.243. The van der Waals surface area contributed by atoms with Gasteiger partial charge in [-0.25, -0.2) is 8.42 Å². The molecule has 6 heteroatoms. The zero-order valence-corrected chi connectivity index (χ0v) is 5.50. The van der Waals surface area contributed by atoms with Crippen LogP contribution in [-0.2, 0) is 10.7 Å². The van der Waals surface area contributed by atoms with Crippen molar-refractivity contribution in [3.63, 3.8) is 0 Å². The Morgan fingerprint density at radius 3 is 1.57 bits per heavy atom. The molecule has 0 aliphatic rings. The monoisotopic (exact) mass is 163 g/mol. The fourth-order valence-electron chi connectivity index (χ4n) is 0. The Kier molecular flexibility index (Phi) is 2.32. The number of hydrogen-bond donors (Lipinski definition) is 2. The molecule has 3 nitrogen and oxygen atoms in total. The van der Waals surface area contributed by atoms with Gasteiger partial charge >= 0.3 is 0 Å². The number of thiol groups is 1. The highest BCUT2D eigenvalue weighted by Crippen LogP contribution is 2.11. The van der Waals surface area contributed by atoms with Gasteiger partial charge in [-0.05, 0) is 0 Å². The first kappa shape index (κ1) is 7.49. The fourth-order valence-corrected chi connectivity index (χ4v) is 0. The first-order chi connectivity index (χ1) is 2.94. The molecule has 0 amide bonds. The molecule has 7 heavy (non-hydrogen) atoms. The van der Waals surface area contributed by atoms with E-state index in [1.54, 1.807) is 0 Å². The highest BCUT2D eigenvalue weighted by Gasteiger charge is 2.19. The molecule has 0 saturated carbocycles. The maximum absolute atomic E-state index is 9.67. The third-order valence-corrected chi connectivity index (χ3v) is 1.56. The maximum atomic E-state index is 9.67. The van der Waals surface area contributed by atoms with Crippen molar-refractivity contribution < 1.29 is 8.42 Å². The summed E-state index contributed by atoms with van der Waals surface area (Å²) in [5.41, 5.74) is 4.61. The van der Waals surface area contributed by atoms with E-state index in [4.69, 9.17) is 23.2 Å². The van der Waals surface area contributed by atoms with Crippen LogP contribution in [0.15, 0.2) is 0 Å². The van der Waals surface area contributed by atoms with Crippen molar-refractivity contribution in [2.24, 2.45) is 5.73 Å². The van der Waals surface area contributed by atoms with Crippen molar-refractivity contribution in [1.82, 2.24) is 0 Å². The number of halogens is 2. The minimum absolute atomic E-state index is 2.10. The van der Waals surface area contributed by atoms with Crippen LogP contribution in [0, 0.1) is 0 Å². The second kappa shape index (κ2) is 2.17. The molecular formula is CH3Cl2NO2S. The molecular weight excluding hydrogens is 161 g/mol. The zero-order chi connectivity index (χ0) is 6.08. The summed E-state index contributed by atoms with van der Waals surface area (Å²) in [5, 5.41) is 0. The molecule has 0 rings (SSSR count). The van der Waals surface area contributed by atoms with Crippen LogP contribution in [0.25, 0.3) is 0 Å². The molecule has 0 aromatic heterocycles. The maximum Gasteiger partial charge on any atom is 0.266 e. The largest absolute Gasteiger partial charge is 0.287 e. The molecule has 0 spiro atoms. The second-order valence-corrected chi connectivity index (χ2v) is 3.98. The van der Waals surface area contributed by atoms with E-state index in [0.29, 0.717) is 0 Å². The molecule has 0 aliphatic heterocycles. The van der Waals surface area contributed by atoms with Gasteiger partial charge in [-0.15, -0.1) is 0 Å². The molecule has 0 unspecified atom stereocenters. The van der Waals surface area contributed by atoms with Gasteiger partial charge < -0.3 is 0 Å². The van der Waals surface area contributed by atoms with Gasteiger partial charge in [-0.2, -0.15) is 0 Å². The van der Waals surface area contributed by atoms with E-state index in [1.165, 1.54) is 0 Å². The second-order valence-electron chi connectivity index (χ2n) is 0.845. The predicted molar refractivity (Wildman–Crippen MR) is 28.9 cm³/mol. The SMILES string of the molecule is NC(Cl)(Cl)[SH](=O)=O. The summed E-state index contributed by atoms with van der Waals surface area (Å²) in [6.45, 7) is 0. The molecule has 0 saturated heterocycles. The summed E-state index contributed by atoms with van der Waals surface area (Å²) in [4.78, 5) is 0. The molecule has 0 aromatic rings. The highest BCUT2D eigenvalue weighted by molar-refractivity contribution is 7.77. The van der Waals surface area contributed by atoms with E-state index in [1.807, 2.05) is 0 Å². The summed E-state index contributed by atoms with van der Waals surface area (Å²) in [6, 6.07) is 0. The van der Waals surface area contributed by atoms with E-state index in [0.717, 1.165) is 0 Å². The van der Waals surface area contributed by atoms with E-state index in [2.05, 4.69) is 5.73 Å². The Hall–Kier alpha value is 0.490. The first-order valence-corrected chi connectivity index (χ1v) is 3.19. The van der Waals surface area contributed by atoms with Crippen molar-refractivity contribution in [3.8, 4) is 0 Å². The first-order valence-electron chi connectivity index (χ1n) is 1.26. The average Bonchev–Trinajstić information content (AvgIpc) is 1.31. The fraction of sp³-hybridized carbons (Fsp3) is 1.00. The van der Waals surface area contributed by atoms with Crippen LogP contribution >= 0.6 is 23.2 Å². The van der Waals surface area contributed by atoms with E-state index >= 15 is 0 Å². The zero-order valence-electron chi connectivity index (χ0n) is 3.10. The summed E-state index contributed by atoms with van der Waals surface area (Å²) in [7, 11) is -2.93. The topological polar surface area (TPSA) is 60.2 Å². The van der Waals surface area contributed by atoms with Gasteiger partial charge in [0.05, 0.1) is 0 Å². The lowest BCUT2D eigenvalue weighted by atomic mass is 11.5. The van der Waals surface area contributed by atoms with Gasteiger partial charge in [0.25, 0.3) is 3.79 Å². The van der Waals surface area contributed by atoms with Crippen molar-refractivity contribution >= 4 is 33.9 Å². The van der Waals surface area contributed by atoms with Crippen LogP contribution in [0.5, 0.6) is 0 Å². The van der Waals surface area contributed by atoms with Crippen LogP contribution in [0.1, 0.15) is 0 Å². The van der Waals surface area contributed by atoms with E-state index in [-0.39, 0.29) is 0 Å². The summed E-state index contributed by atoms with van der Waals surface area (Å²) in [5.74, 6) is 0. The standard InChI is InChI=1S/CH3Cl2NO2S/c2-1(3,4)7(5)6/h7H,4H2. The molecule has 0 heterocycles. The molecule has 0 atom stereocenters. The lowest BCUT2D eigenvalue weighted by Gasteiger charge is -1.99. The molecule has 0 fully saturated rings. The Balaban J connectivity index is 4.08. The van der Waals surface area contributed by atoms with E-state index < -0.39 is 14.5 Å². The Labute approximate surface area is 52.3 Å². The summed E-state index contributed by atoms with van der Waals surface area (Å²) >= 11 is 9.63. The highest BCUT2D eigenvalue weighted by atomic mass is 35.5. The van der Waals surface area contributed by atoms with Crippen LogP contribution in [0.3, 0.4) is 0 Å². The molecule has 2 N–H and O–H groups in total. The van der Waals surface area contributed by atoms with E-state index in [9.17, 15) is 8.42 Å². The third kappa shape index (κ3) is 3.11. The predicted octanol–water partition coefficient (Wildman–Crippen LogP) is -0.355.